The first-order valence-corrected chi connectivity index (χ1v) is 14.5. The summed E-state index contributed by atoms with van der Waals surface area (Å²) in [5, 5.41) is 12.5. The molecule has 1 fully saturated rings. The average Bonchev–Trinajstić information content (AvgIpc) is 3.36. The van der Waals surface area contributed by atoms with E-state index < -0.39 is 41.9 Å². The number of ketones is 1. The number of carboxylic acids is 1. The number of Topliss-reactive ketones (excluding diaryl/α,β-unsaturated/α-hetero) is 1. The van der Waals surface area contributed by atoms with E-state index in [-0.39, 0.29) is 29.6 Å². The second-order valence-corrected chi connectivity index (χ2v) is 12.0. The van der Waals surface area contributed by atoms with Gasteiger partial charge in [-0.05, 0) is 62.2 Å². The number of hydrogen-bond donors (Lipinski definition) is 2. The third-order valence-corrected chi connectivity index (χ3v) is 7.34. The van der Waals surface area contributed by atoms with Gasteiger partial charge in [0.05, 0.1) is 11.6 Å². The molecule has 44 heavy (non-hydrogen) atoms. The molecule has 1 aromatic heterocycles. The summed E-state index contributed by atoms with van der Waals surface area (Å²) in [6.45, 7) is 5.99. The smallest absolute Gasteiger partial charge is 0.326 e. The number of aliphatic imine (C=N–C) groups is 1. The van der Waals surface area contributed by atoms with Gasteiger partial charge in [0.2, 0.25) is 5.91 Å². The molecule has 2 aromatic carbocycles. The number of urea groups is 1. The number of aliphatic carboxylic acids is 1. The highest BCUT2D eigenvalue weighted by molar-refractivity contribution is 6.30. The van der Waals surface area contributed by atoms with Gasteiger partial charge in [-0.25, -0.2) is 4.79 Å². The molecule has 0 saturated carbocycles. The van der Waals surface area contributed by atoms with Crippen molar-refractivity contribution >= 4 is 41.1 Å². The summed E-state index contributed by atoms with van der Waals surface area (Å²) in [5.41, 5.74) is 1.36. The second kappa shape index (κ2) is 12.5. The van der Waals surface area contributed by atoms with Crippen molar-refractivity contribution in [1.82, 2.24) is 20.1 Å². The van der Waals surface area contributed by atoms with Crippen molar-refractivity contribution in [2.45, 2.75) is 44.9 Å². The number of hydrogen-bond acceptors (Lipinski definition) is 7. The molecule has 0 bridgehead atoms. The van der Waals surface area contributed by atoms with E-state index in [1.54, 1.807) is 41.6 Å². The normalized spacial score (nSPS) is 18.5. The van der Waals surface area contributed by atoms with E-state index in [4.69, 9.17) is 21.3 Å². The Bertz CT molecular complexity index is 1620. The van der Waals surface area contributed by atoms with Crippen molar-refractivity contribution in [2.75, 3.05) is 19.6 Å². The third kappa shape index (κ3) is 6.73. The summed E-state index contributed by atoms with van der Waals surface area (Å²) in [5.74, 6) is -1.58. The predicted octanol–water partition coefficient (Wildman–Crippen LogP) is 4.67. The van der Waals surface area contributed by atoms with Gasteiger partial charge in [-0.15, -0.1) is 0 Å². The molecule has 1 saturated heterocycles. The van der Waals surface area contributed by atoms with Crippen LogP contribution in [0.15, 0.2) is 72.0 Å². The maximum absolute atomic E-state index is 14.4. The lowest BCUT2D eigenvalue weighted by molar-refractivity contribution is -0.136. The number of nitrogens with one attached hydrogen (secondary N) is 1. The van der Waals surface area contributed by atoms with Gasteiger partial charge in [0.1, 0.15) is 36.2 Å². The van der Waals surface area contributed by atoms with Gasteiger partial charge in [0.15, 0.2) is 5.78 Å². The molecule has 11 nitrogen and oxygen atoms in total. The number of carboxylic acid groups (broad SMARTS) is 1. The van der Waals surface area contributed by atoms with Crippen LogP contribution in [-0.4, -0.2) is 74.7 Å². The van der Waals surface area contributed by atoms with Crippen molar-refractivity contribution in [2.24, 2.45) is 4.99 Å². The maximum atomic E-state index is 14.4. The minimum absolute atomic E-state index is 0.124. The number of amidine groups is 1. The fraction of sp³-hybridized carbons (Fsp3) is 0.312. The molecule has 228 valence electrons. The van der Waals surface area contributed by atoms with Crippen molar-refractivity contribution in [3.8, 4) is 5.75 Å². The Balaban J connectivity index is 1.71. The standard InChI is InChI=1S/C32H32ClN5O6/c1-32(2,3)44-25-15-20(24(39)16-27(41)42)8-11-23(25)30-36-28(21-5-4-12-34-17-21)29(19-6-9-22(33)10-7-19)38(30)31(43)37-14-13-35-26(40)18-37/h4-12,15,17,28-29H,13-14,16,18H2,1-3H3,(H,35,40)(H,41,42). The van der Waals surface area contributed by atoms with Gasteiger partial charge in [0, 0.05) is 36.1 Å². The van der Waals surface area contributed by atoms with E-state index in [1.807, 2.05) is 39.0 Å². The number of benzene rings is 2. The summed E-state index contributed by atoms with van der Waals surface area (Å²) in [6, 6.07) is 13.7. The van der Waals surface area contributed by atoms with Crippen LogP contribution in [0.2, 0.25) is 5.02 Å². The third-order valence-electron chi connectivity index (χ3n) is 7.09. The lowest BCUT2D eigenvalue weighted by Crippen LogP contribution is -2.55. The minimum Gasteiger partial charge on any atom is -0.487 e. The molecular formula is C32H32ClN5O6. The van der Waals surface area contributed by atoms with E-state index in [1.165, 1.54) is 17.0 Å². The molecule has 2 unspecified atom stereocenters. The molecule has 2 aliphatic rings. The summed E-state index contributed by atoms with van der Waals surface area (Å²) in [6.07, 6.45) is 2.66. The first-order valence-electron chi connectivity index (χ1n) is 14.1. The molecule has 3 amide bonds. The topological polar surface area (TPSA) is 142 Å². The van der Waals surface area contributed by atoms with Crippen LogP contribution in [-0.2, 0) is 9.59 Å². The molecule has 0 radical (unpaired) electrons. The number of amides is 3. The highest BCUT2D eigenvalue weighted by Gasteiger charge is 2.45. The monoisotopic (exact) mass is 617 g/mol. The Hall–Kier alpha value is -4.77. The van der Waals surface area contributed by atoms with Gasteiger partial charge in [-0.3, -0.25) is 29.3 Å². The first kappa shape index (κ1) is 30.7. The molecule has 3 aromatic rings. The number of rotatable bonds is 7. The Labute approximate surface area is 259 Å². The van der Waals surface area contributed by atoms with Crippen LogP contribution in [0.4, 0.5) is 4.79 Å². The summed E-state index contributed by atoms with van der Waals surface area (Å²) >= 11 is 6.23. The van der Waals surface area contributed by atoms with Crippen molar-refractivity contribution in [1.29, 1.82) is 0 Å². The van der Waals surface area contributed by atoms with Crippen molar-refractivity contribution in [3.63, 3.8) is 0 Å². The molecule has 0 spiro atoms. The van der Waals surface area contributed by atoms with E-state index in [0.717, 1.165) is 11.1 Å². The van der Waals surface area contributed by atoms with Crippen LogP contribution in [0, 0.1) is 0 Å². The number of carbonyl (C=O) groups is 4. The summed E-state index contributed by atoms with van der Waals surface area (Å²) < 4.78 is 6.30. The Morgan fingerprint density at radius 2 is 1.84 bits per heavy atom. The molecule has 2 N–H and O–H groups in total. The fourth-order valence-corrected chi connectivity index (χ4v) is 5.36. The Kier molecular flexibility index (Phi) is 8.68. The van der Waals surface area contributed by atoms with Gasteiger partial charge in [0.25, 0.3) is 0 Å². The van der Waals surface area contributed by atoms with E-state index in [0.29, 0.717) is 23.7 Å². The van der Waals surface area contributed by atoms with Crippen LogP contribution in [0.3, 0.4) is 0 Å². The molecule has 12 heteroatoms. The Morgan fingerprint density at radius 1 is 1.09 bits per heavy atom. The zero-order valence-electron chi connectivity index (χ0n) is 24.5. The van der Waals surface area contributed by atoms with Gasteiger partial charge < -0.3 is 20.1 Å². The van der Waals surface area contributed by atoms with Crippen molar-refractivity contribution < 1.29 is 29.0 Å². The maximum Gasteiger partial charge on any atom is 0.326 e. The predicted molar refractivity (Wildman–Crippen MR) is 163 cm³/mol. The molecule has 2 atom stereocenters. The SMILES string of the molecule is CC(C)(C)Oc1cc(C(=O)CC(=O)O)ccc1C1=NC(c2cccnc2)C(c2ccc(Cl)cc2)N1C(=O)N1CCNC(=O)C1. The van der Waals surface area contributed by atoms with Crippen LogP contribution in [0.5, 0.6) is 5.75 Å². The molecule has 3 heterocycles. The second-order valence-electron chi connectivity index (χ2n) is 11.5. The number of halogens is 1. The van der Waals surface area contributed by atoms with Crippen molar-refractivity contribution in [3.05, 3.63) is 94.3 Å². The quantitative estimate of drug-likeness (QED) is 0.290. The lowest BCUT2D eigenvalue weighted by atomic mass is 9.94. The molecule has 2 aliphatic heterocycles. The lowest BCUT2D eigenvalue weighted by Gasteiger charge is -2.36. The van der Waals surface area contributed by atoms with Crippen LogP contribution in [0.25, 0.3) is 0 Å². The number of carbonyl (C=O) groups excluding carboxylic acids is 3. The molecule has 5 rings (SSSR count). The summed E-state index contributed by atoms with van der Waals surface area (Å²) in [4.78, 5) is 63.2. The Morgan fingerprint density at radius 3 is 2.48 bits per heavy atom. The largest absolute Gasteiger partial charge is 0.487 e. The first-order chi connectivity index (χ1) is 20.9. The molecule has 0 aliphatic carbocycles. The highest BCUT2D eigenvalue weighted by Crippen LogP contribution is 2.45. The number of aromatic nitrogens is 1. The van der Waals surface area contributed by atoms with Crippen LogP contribution >= 0.6 is 11.6 Å². The number of pyridine rings is 1. The highest BCUT2D eigenvalue weighted by atomic mass is 35.5. The van der Waals surface area contributed by atoms with Gasteiger partial charge >= 0.3 is 12.0 Å². The van der Waals surface area contributed by atoms with Crippen LogP contribution in [0.1, 0.15) is 66.3 Å². The zero-order valence-corrected chi connectivity index (χ0v) is 25.2. The number of piperazine rings is 1. The van der Waals surface area contributed by atoms with E-state index >= 15 is 0 Å². The number of nitrogens with zero attached hydrogens (tertiary/aromatic N) is 4. The van der Waals surface area contributed by atoms with Gasteiger partial charge in [-0.1, -0.05) is 35.9 Å². The fourth-order valence-electron chi connectivity index (χ4n) is 5.23. The zero-order chi connectivity index (χ0) is 31.6. The van der Waals surface area contributed by atoms with E-state index in [2.05, 4.69) is 10.3 Å². The number of ether oxygens (including phenoxy) is 1. The average molecular weight is 618 g/mol. The van der Waals surface area contributed by atoms with Gasteiger partial charge in [-0.2, -0.15) is 0 Å². The molecular weight excluding hydrogens is 586 g/mol. The van der Waals surface area contributed by atoms with Crippen LogP contribution < -0.4 is 10.1 Å². The minimum atomic E-state index is -1.25. The summed E-state index contributed by atoms with van der Waals surface area (Å²) in [7, 11) is 0. The van der Waals surface area contributed by atoms with E-state index in [9.17, 15) is 24.3 Å².